The number of hydrogen-bond acceptors (Lipinski definition) is 6. The maximum Gasteiger partial charge on any atom is 0.278 e. The summed E-state index contributed by atoms with van der Waals surface area (Å²) in [5.74, 6) is 0.270. The highest BCUT2D eigenvalue weighted by Gasteiger charge is 2.27. The van der Waals surface area contributed by atoms with Crippen LogP contribution in [0, 0.1) is 0 Å². The average Bonchev–Trinajstić information content (AvgIpc) is 3.50. The van der Waals surface area contributed by atoms with E-state index in [2.05, 4.69) is 30.4 Å². The third-order valence-corrected chi connectivity index (χ3v) is 6.46. The second kappa shape index (κ2) is 8.87. The van der Waals surface area contributed by atoms with Gasteiger partial charge in [0.1, 0.15) is 11.2 Å². The lowest BCUT2D eigenvalue weighted by atomic mass is 10.0. The lowest BCUT2D eigenvalue weighted by molar-refractivity contribution is 0.0686. The van der Waals surface area contributed by atoms with E-state index in [0.717, 1.165) is 5.56 Å². The minimum Gasteiger partial charge on any atom is -0.352 e. The Kier molecular flexibility index (Phi) is 5.77. The van der Waals surface area contributed by atoms with Crippen LogP contribution in [0.2, 0.25) is 10.0 Å². The lowest BCUT2D eigenvalue weighted by Gasteiger charge is -2.31. The molecule has 0 spiro atoms. The number of halogens is 2. The predicted octanol–water partition coefficient (Wildman–Crippen LogP) is 3.24. The maximum absolute atomic E-state index is 12.9. The number of H-pyrrole nitrogens is 2. The van der Waals surface area contributed by atoms with E-state index >= 15 is 0 Å². The molecule has 3 N–H and O–H groups in total. The fourth-order valence-corrected chi connectivity index (χ4v) is 4.34. The molecule has 1 fully saturated rings. The number of aromatic nitrogens is 6. The van der Waals surface area contributed by atoms with Crippen LogP contribution in [0.5, 0.6) is 0 Å². The summed E-state index contributed by atoms with van der Waals surface area (Å²) in [4.78, 5) is 41.2. The zero-order chi connectivity index (χ0) is 22.9. The number of nitrogens with one attached hydrogen (secondary N) is 3. The summed E-state index contributed by atoms with van der Waals surface area (Å²) in [6.07, 6.45) is 5.98. The number of fused-ring (bicyclic) bond motifs is 1. The van der Waals surface area contributed by atoms with E-state index in [-0.39, 0.29) is 17.5 Å². The van der Waals surface area contributed by atoms with E-state index in [0.29, 0.717) is 65.2 Å². The number of piperidine rings is 1. The van der Waals surface area contributed by atoms with Crippen LogP contribution in [-0.2, 0) is 6.54 Å². The van der Waals surface area contributed by atoms with Crippen molar-refractivity contribution in [2.24, 2.45) is 0 Å². The number of carbonyl (C=O) groups excluding carboxylic acids is 1. The smallest absolute Gasteiger partial charge is 0.278 e. The highest BCUT2D eigenvalue weighted by Crippen LogP contribution is 2.26. The number of aromatic amines is 2. The summed E-state index contributed by atoms with van der Waals surface area (Å²) in [5.41, 5.74) is 2.03. The number of hydrogen-bond donors (Lipinski definition) is 3. The van der Waals surface area contributed by atoms with Crippen LogP contribution >= 0.6 is 23.2 Å². The first-order valence-electron chi connectivity index (χ1n) is 10.4. The number of anilines is 1. The Balaban J connectivity index is 1.29. The summed E-state index contributed by atoms with van der Waals surface area (Å²) in [7, 11) is 0. The van der Waals surface area contributed by atoms with E-state index in [1.54, 1.807) is 27.9 Å². The molecule has 1 aliphatic heterocycles. The van der Waals surface area contributed by atoms with Crippen molar-refractivity contribution in [1.29, 1.82) is 0 Å². The maximum atomic E-state index is 12.9. The van der Waals surface area contributed by atoms with Crippen molar-refractivity contribution in [2.45, 2.75) is 25.4 Å². The van der Waals surface area contributed by atoms with Crippen LogP contribution in [-0.4, -0.2) is 53.6 Å². The Morgan fingerprint density at radius 1 is 1.18 bits per heavy atom. The molecular formula is C21H20Cl2N8O2. The van der Waals surface area contributed by atoms with Gasteiger partial charge in [-0.15, -0.1) is 0 Å². The van der Waals surface area contributed by atoms with Gasteiger partial charge in [0.25, 0.3) is 11.5 Å². The molecule has 10 nitrogen and oxygen atoms in total. The Morgan fingerprint density at radius 2 is 2.00 bits per heavy atom. The fourth-order valence-electron chi connectivity index (χ4n) is 4.02. The minimum absolute atomic E-state index is 0.00577. The third-order valence-electron chi connectivity index (χ3n) is 5.73. The molecule has 0 saturated carbocycles. The van der Waals surface area contributed by atoms with Gasteiger partial charge in [-0.05, 0) is 30.5 Å². The normalized spacial score (nSPS) is 14.7. The number of nitrogens with zero attached hydrogens (tertiary/aromatic N) is 5. The standard InChI is InChI=1S/C21H20Cl2N8O2/c22-14-2-1-12(7-15(14)23)8-25-21-28-16-10-27-31(18(16)19(32)29-21)13-3-5-30(6-4-13)20(33)17-9-24-11-26-17/h1-2,7,9-11,13H,3-6,8H2,(H,24,26)(H2,25,28,29,32). The molecule has 0 bridgehead atoms. The van der Waals surface area contributed by atoms with E-state index in [9.17, 15) is 9.59 Å². The number of benzene rings is 1. The van der Waals surface area contributed by atoms with Crippen LogP contribution in [0.15, 0.2) is 41.7 Å². The molecule has 0 unspecified atom stereocenters. The van der Waals surface area contributed by atoms with Crippen LogP contribution < -0.4 is 10.9 Å². The largest absolute Gasteiger partial charge is 0.352 e. The van der Waals surface area contributed by atoms with Crippen molar-refractivity contribution in [3.63, 3.8) is 0 Å². The molecule has 3 aromatic heterocycles. The van der Waals surface area contributed by atoms with Gasteiger partial charge in [0, 0.05) is 19.6 Å². The molecule has 4 heterocycles. The number of imidazole rings is 1. The highest BCUT2D eigenvalue weighted by molar-refractivity contribution is 6.42. The zero-order valence-electron chi connectivity index (χ0n) is 17.4. The second-order valence-corrected chi connectivity index (χ2v) is 8.64. The van der Waals surface area contributed by atoms with Gasteiger partial charge in [-0.2, -0.15) is 5.10 Å². The van der Waals surface area contributed by atoms with Crippen molar-refractivity contribution >= 4 is 46.1 Å². The molecule has 1 aromatic carbocycles. The Morgan fingerprint density at radius 3 is 2.73 bits per heavy atom. The van der Waals surface area contributed by atoms with E-state index in [4.69, 9.17) is 23.2 Å². The van der Waals surface area contributed by atoms with Crippen LogP contribution in [0.1, 0.15) is 34.9 Å². The molecule has 1 saturated heterocycles. The molecule has 33 heavy (non-hydrogen) atoms. The molecule has 0 radical (unpaired) electrons. The van der Waals surface area contributed by atoms with Gasteiger partial charge >= 0.3 is 0 Å². The van der Waals surface area contributed by atoms with Gasteiger partial charge in [0.05, 0.1) is 34.8 Å². The van der Waals surface area contributed by atoms with Crippen molar-refractivity contribution in [3.8, 4) is 0 Å². The van der Waals surface area contributed by atoms with Crippen molar-refractivity contribution in [1.82, 2.24) is 34.6 Å². The Bertz CT molecular complexity index is 1360. The first-order chi connectivity index (χ1) is 16.0. The van der Waals surface area contributed by atoms with Crippen LogP contribution in [0.25, 0.3) is 11.0 Å². The second-order valence-electron chi connectivity index (χ2n) is 7.83. The number of carbonyl (C=O) groups is 1. The van der Waals surface area contributed by atoms with Gasteiger partial charge in [-0.25, -0.2) is 9.97 Å². The van der Waals surface area contributed by atoms with Gasteiger partial charge in [0.15, 0.2) is 5.52 Å². The first kappa shape index (κ1) is 21.5. The summed E-state index contributed by atoms with van der Waals surface area (Å²) in [6, 6.07) is 5.33. The molecular weight excluding hydrogens is 467 g/mol. The Labute approximate surface area is 197 Å². The predicted molar refractivity (Wildman–Crippen MR) is 125 cm³/mol. The van der Waals surface area contributed by atoms with Crippen molar-refractivity contribution in [2.75, 3.05) is 18.4 Å². The fraction of sp³-hybridized carbons (Fsp3) is 0.286. The number of rotatable bonds is 5. The molecule has 5 rings (SSSR count). The van der Waals surface area contributed by atoms with Gasteiger partial charge in [-0.1, -0.05) is 29.3 Å². The zero-order valence-corrected chi connectivity index (χ0v) is 18.9. The first-order valence-corrected chi connectivity index (χ1v) is 11.2. The SMILES string of the molecule is O=C(c1cnc[nH]1)N1CCC(n2ncc3nc(NCc4ccc(Cl)c(Cl)c4)[nH]c(=O)c32)CC1. The van der Waals surface area contributed by atoms with Crippen LogP contribution in [0.4, 0.5) is 5.95 Å². The Hall–Kier alpha value is -3.37. The number of amides is 1. The van der Waals surface area contributed by atoms with E-state index in [1.807, 2.05) is 6.07 Å². The van der Waals surface area contributed by atoms with Gasteiger partial charge in [-0.3, -0.25) is 19.3 Å². The minimum atomic E-state index is -0.273. The summed E-state index contributed by atoms with van der Waals surface area (Å²) < 4.78 is 1.72. The molecule has 12 heteroatoms. The molecule has 170 valence electrons. The summed E-state index contributed by atoms with van der Waals surface area (Å²) >= 11 is 12.0. The molecule has 4 aromatic rings. The quantitative estimate of drug-likeness (QED) is 0.397. The van der Waals surface area contributed by atoms with E-state index in [1.165, 1.54) is 12.5 Å². The van der Waals surface area contributed by atoms with E-state index < -0.39 is 0 Å². The lowest BCUT2D eigenvalue weighted by Crippen LogP contribution is -2.39. The summed E-state index contributed by atoms with van der Waals surface area (Å²) in [6.45, 7) is 1.55. The number of likely N-dealkylation sites (tertiary alicyclic amines) is 1. The van der Waals surface area contributed by atoms with Crippen molar-refractivity contribution < 1.29 is 4.79 Å². The average molecular weight is 487 g/mol. The van der Waals surface area contributed by atoms with Crippen LogP contribution in [0.3, 0.4) is 0 Å². The molecule has 1 aliphatic rings. The summed E-state index contributed by atoms with van der Waals surface area (Å²) in [5, 5.41) is 8.49. The van der Waals surface area contributed by atoms with Gasteiger partial charge in [0.2, 0.25) is 5.95 Å². The highest BCUT2D eigenvalue weighted by atomic mass is 35.5. The molecule has 0 atom stereocenters. The molecule has 1 amide bonds. The third kappa shape index (κ3) is 4.31. The van der Waals surface area contributed by atoms with Gasteiger partial charge < -0.3 is 15.2 Å². The topological polar surface area (TPSA) is 125 Å². The van der Waals surface area contributed by atoms with Crippen molar-refractivity contribution in [3.05, 3.63) is 68.6 Å². The molecule has 0 aliphatic carbocycles. The monoisotopic (exact) mass is 486 g/mol.